The first-order chi connectivity index (χ1) is 11.5. The molecule has 0 saturated heterocycles. The molecule has 0 fully saturated rings. The highest BCUT2D eigenvalue weighted by atomic mass is 16.5. The Morgan fingerprint density at radius 2 is 1.79 bits per heavy atom. The molecule has 0 aliphatic carbocycles. The predicted molar refractivity (Wildman–Crippen MR) is 99.1 cm³/mol. The van der Waals surface area contributed by atoms with Crippen LogP contribution in [-0.4, -0.2) is 30.6 Å². The van der Waals surface area contributed by atoms with Gasteiger partial charge in [0.25, 0.3) is 0 Å². The third-order valence-electron chi connectivity index (χ3n) is 4.58. The van der Waals surface area contributed by atoms with Gasteiger partial charge in [0.05, 0.1) is 5.60 Å². The fourth-order valence-electron chi connectivity index (χ4n) is 3.13. The topological polar surface area (TPSA) is 32.7 Å². The van der Waals surface area contributed by atoms with Crippen LogP contribution in [0.3, 0.4) is 0 Å². The van der Waals surface area contributed by atoms with Crippen LogP contribution in [0.5, 0.6) is 5.75 Å². The van der Waals surface area contributed by atoms with E-state index in [1.54, 1.807) is 0 Å². The van der Waals surface area contributed by atoms with E-state index in [2.05, 4.69) is 11.8 Å². The Morgan fingerprint density at radius 3 is 2.42 bits per heavy atom. The molecule has 0 bridgehead atoms. The van der Waals surface area contributed by atoms with Crippen LogP contribution in [-0.2, 0) is 12.2 Å². The van der Waals surface area contributed by atoms with Gasteiger partial charge >= 0.3 is 0 Å². The average molecular weight is 327 g/mol. The first-order valence-electron chi connectivity index (χ1n) is 8.60. The van der Waals surface area contributed by atoms with Crippen molar-refractivity contribution in [3.63, 3.8) is 0 Å². The number of hydrogen-bond donors (Lipinski definition) is 1. The molecular weight excluding hydrogens is 298 g/mol. The third-order valence-corrected chi connectivity index (χ3v) is 4.58. The van der Waals surface area contributed by atoms with E-state index in [4.69, 9.17) is 4.74 Å². The second-order valence-electron chi connectivity index (χ2n) is 6.74. The van der Waals surface area contributed by atoms with Crippen molar-refractivity contribution in [3.05, 3.63) is 65.7 Å². The van der Waals surface area contributed by atoms with E-state index in [1.165, 1.54) is 0 Å². The molecule has 0 aliphatic rings. The Hall–Kier alpha value is -1.84. The summed E-state index contributed by atoms with van der Waals surface area (Å²) < 4.78 is 5.91. The first-order valence-corrected chi connectivity index (χ1v) is 8.60. The molecule has 2 aromatic carbocycles. The molecule has 1 N–H and O–H groups in total. The van der Waals surface area contributed by atoms with Gasteiger partial charge in [-0.2, -0.15) is 0 Å². The van der Waals surface area contributed by atoms with Gasteiger partial charge in [-0.05, 0) is 43.8 Å². The molecule has 0 aliphatic heterocycles. The zero-order valence-corrected chi connectivity index (χ0v) is 15.2. The molecule has 0 spiro atoms. The Labute approximate surface area is 145 Å². The Morgan fingerprint density at radius 1 is 1.08 bits per heavy atom. The van der Waals surface area contributed by atoms with Gasteiger partial charge in [-0.15, -0.1) is 0 Å². The average Bonchev–Trinajstić information content (AvgIpc) is 2.59. The lowest BCUT2D eigenvalue weighted by atomic mass is 9.80. The fraction of sp³-hybridized carbons (Fsp3) is 0.429. The highest BCUT2D eigenvalue weighted by Crippen LogP contribution is 2.35. The summed E-state index contributed by atoms with van der Waals surface area (Å²) in [6, 6.07) is 18.0. The van der Waals surface area contributed by atoms with E-state index >= 15 is 0 Å². The van der Waals surface area contributed by atoms with Crippen molar-refractivity contribution in [1.82, 2.24) is 4.90 Å². The second-order valence-corrected chi connectivity index (χ2v) is 6.74. The molecule has 2 aromatic rings. The van der Waals surface area contributed by atoms with Crippen molar-refractivity contribution in [2.75, 3.05) is 20.6 Å². The van der Waals surface area contributed by atoms with Crippen LogP contribution >= 0.6 is 0 Å². The lowest BCUT2D eigenvalue weighted by Gasteiger charge is -2.35. The molecule has 3 heteroatoms. The number of hydrogen-bond acceptors (Lipinski definition) is 3. The van der Waals surface area contributed by atoms with Gasteiger partial charge in [0.2, 0.25) is 0 Å². The number of rotatable bonds is 8. The van der Waals surface area contributed by atoms with Gasteiger partial charge < -0.3 is 14.7 Å². The normalized spacial score (nSPS) is 15.1. The highest BCUT2D eigenvalue weighted by Gasteiger charge is 2.34. The Balaban J connectivity index is 2.15. The molecular formula is C21H29NO2. The molecule has 0 heterocycles. The standard InChI is InChI=1S/C21H29NO2/c1-5-21(23,17(2)15-22(3)4)19-12-9-13-20(14-19)24-16-18-10-7-6-8-11-18/h6-14,17,23H,5,15-16H2,1-4H3. The van der Waals surface area contributed by atoms with Crippen molar-refractivity contribution in [3.8, 4) is 5.75 Å². The molecule has 0 radical (unpaired) electrons. The molecule has 0 aromatic heterocycles. The molecule has 2 atom stereocenters. The summed E-state index contributed by atoms with van der Waals surface area (Å²) in [5.74, 6) is 0.919. The number of nitrogens with zero attached hydrogens (tertiary/aromatic N) is 1. The minimum absolute atomic E-state index is 0.127. The number of ether oxygens (including phenoxy) is 1. The van der Waals surface area contributed by atoms with Gasteiger partial charge in [0.1, 0.15) is 12.4 Å². The summed E-state index contributed by atoms with van der Waals surface area (Å²) in [6.45, 7) is 5.49. The summed E-state index contributed by atoms with van der Waals surface area (Å²) in [7, 11) is 4.07. The van der Waals surface area contributed by atoms with E-state index in [-0.39, 0.29) is 5.92 Å². The van der Waals surface area contributed by atoms with E-state index in [0.29, 0.717) is 13.0 Å². The monoisotopic (exact) mass is 327 g/mol. The van der Waals surface area contributed by atoms with Gasteiger partial charge in [-0.1, -0.05) is 56.3 Å². The molecule has 130 valence electrons. The van der Waals surface area contributed by atoms with Crippen molar-refractivity contribution >= 4 is 0 Å². The van der Waals surface area contributed by atoms with Crippen molar-refractivity contribution in [2.24, 2.45) is 5.92 Å². The van der Waals surface area contributed by atoms with Gasteiger partial charge in [0.15, 0.2) is 0 Å². The lowest BCUT2D eigenvalue weighted by Crippen LogP contribution is -2.38. The Kier molecular flexibility index (Phi) is 6.41. The summed E-state index contributed by atoms with van der Waals surface area (Å²) in [5, 5.41) is 11.2. The van der Waals surface area contributed by atoms with Crippen LogP contribution in [0, 0.1) is 5.92 Å². The van der Waals surface area contributed by atoms with Crippen LogP contribution < -0.4 is 4.74 Å². The molecule has 0 amide bonds. The fourth-order valence-corrected chi connectivity index (χ4v) is 3.13. The molecule has 24 heavy (non-hydrogen) atoms. The zero-order chi connectivity index (χ0) is 17.6. The molecule has 2 rings (SSSR count). The highest BCUT2D eigenvalue weighted by molar-refractivity contribution is 5.33. The summed E-state index contributed by atoms with van der Waals surface area (Å²) >= 11 is 0. The van der Waals surface area contributed by atoms with E-state index in [1.807, 2.05) is 75.6 Å². The summed E-state index contributed by atoms with van der Waals surface area (Å²) in [5.41, 5.74) is 1.20. The van der Waals surface area contributed by atoms with Crippen molar-refractivity contribution in [2.45, 2.75) is 32.5 Å². The van der Waals surface area contributed by atoms with Gasteiger partial charge in [0, 0.05) is 12.5 Å². The molecule has 0 saturated carbocycles. The SMILES string of the molecule is CCC(O)(c1cccc(OCc2ccccc2)c1)C(C)CN(C)C. The molecule has 2 unspecified atom stereocenters. The quantitative estimate of drug-likeness (QED) is 0.793. The number of aliphatic hydroxyl groups is 1. The van der Waals surface area contributed by atoms with E-state index in [0.717, 1.165) is 23.4 Å². The maximum atomic E-state index is 11.2. The van der Waals surface area contributed by atoms with E-state index in [9.17, 15) is 5.11 Å². The van der Waals surface area contributed by atoms with Gasteiger partial charge in [-0.3, -0.25) is 0 Å². The smallest absolute Gasteiger partial charge is 0.120 e. The van der Waals surface area contributed by atoms with E-state index < -0.39 is 5.60 Å². The van der Waals surface area contributed by atoms with Gasteiger partial charge in [-0.25, -0.2) is 0 Å². The van der Waals surface area contributed by atoms with Crippen LogP contribution in [0.2, 0.25) is 0 Å². The minimum Gasteiger partial charge on any atom is -0.489 e. The number of benzene rings is 2. The van der Waals surface area contributed by atoms with Crippen molar-refractivity contribution < 1.29 is 9.84 Å². The van der Waals surface area contributed by atoms with Crippen LogP contribution in [0.4, 0.5) is 0 Å². The summed E-state index contributed by atoms with van der Waals surface area (Å²) in [6.07, 6.45) is 0.671. The van der Waals surface area contributed by atoms with Crippen LogP contribution in [0.25, 0.3) is 0 Å². The predicted octanol–water partition coefficient (Wildman–Crippen LogP) is 4.06. The minimum atomic E-state index is -0.851. The maximum absolute atomic E-state index is 11.2. The largest absolute Gasteiger partial charge is 0.489 e. The zero-order valence-electron chi connectivity index (χ0n) is 15.2. The Bertz CT molecular complexity index is 627. The second kappa shape index (κ2) is 8.32. The van der Waals surface area contributed by atoms with Crippen LogP contribution in [0.15, 0.2) is 54.6 Å². The summed E-state index contributed by atoms with van der Waals surface area (Å²) in [4.78, 5) is 2.11. The molecule has 3 nitrogen and oxygen atoms in total. The lowest BCUT2D eigenvalue weighted by molar-refractivity contribution is -0.0293. The van der Waals surface area contributed by atoms with Crippen LogP contribution in [0.1, 0.15) is 31.4 Å². The van der Waals surface area contributed by atoms with Crippen molar-refractivity contribution in [1.29, 1.82) is 0 Å². The maximum Gasteiger partial charge on any atom is 0.120 e. The first kappa shape index (κ1) is 18.5. The third kappa shape index (κ3) is 4.59.